The summed E-state index contributed by atoms with van der Waals surface area (Å²) < 4.78 is 0. The molecule has 3 heterocycles. The topological polar surface area (TPSA) is 125 Å². The van der Waals surface area contributed by atoms with Crippen molar-refractivity contribution >= 4 is 35.4 Å². The Bertz CT molecular complexity index is 704. The number of carboxylic acid groups (broad SMARTS) is 1. The highest BCUT2D eigenvalue weighted by Gasteiger charge is 2.52. The van der Waals surface area contributed by atoms with Gasteiger partial charge in [-0.3, -0.25) is 14.8 Å². The number of nitrogens with one attached hydrogen (secondary N) is 1. The second-order valence-electron chi connectivity index (χ2n) is 5.55. The molecule has 0 radical (unpaired) electrons. The molecule has 1 saturated heterocycles. The zero-order valence-corrected chi connectivity index (χ0v) is 15.0. The zero-order chi connectivity index (χ0) is 17.4. The first-order chi connectivity index (χ1) is 11.5. The number of fused-ring (bicyclic) bond motifs is 1. The fourth-order valence-electron chi connectivity index (χ4n) is 2.80. The van der Waals surface area contributed by atoms with Crippen LogP contribution >= 0.6 is 23.5 Å². The van der Waals surface area contributed by atoms with Crippen molar-refractivity contribution in [3.63, 3.8) is 0 Å². The Morgan fingerprint density at radius 3 is 2.92 bits per heavy atom. The van der Waals surface area contributed by atoms with Gasteiger partial charge in [-0.25, -0.2) is 9.78 Å². The number of hydrogen-bond acceptors (Lipinski definition) is 7. The highest BCUT2D eigenvalue weighted by molar-refractivity contribution is 8.01. The van der Waals surface area contributed by atoms with Gasteiger partial charge >= 0.3 is 5.97 Å². The summed E-state index contributed by atoms with van der Waals surface area (Å²) in [6.45, 7) is 3.96. The summed E-state index contributed by atoms with van der Waals surface area (Å²) in [6, 6.07) is -0.612. The molecule has 24 heavy (non-hydrogen) atoms. The van der Waals surface area contributed by atoms with Crippen LogP contribution in [0.25, 0.3) is 0 Å². The molecule has 3 atom stereocenters. The minimum absolute atomic E-state index is 0.0797. The molecule has 2 unspecified atom stereocenters. The fourth-order valence-corrected chi connectivity index (χ4v) is 5.30. The summed E-state index contributed by atoms with van der Waals surface area (Å²) in [5.41, 5.74) is 6.59. The summed E-state index contributed by atoms with van der Waals surface area (Å²) in [4.78, 5) is 29.5. The standard InChI is InChI=1S/C14H19N5O3S2/c1-3-7(24-14-16-8(4-2)17-18-14)6-5-23-12-9(15)11(20)19(12)10(6)13(21)22/h7,9,12H,3-5,15H2,1-2H3,(H,21,22)(H,16,17,18)/t7?,9?,12-/m0/s1. The second-order valence-corrected chi connectivity index (χ2v) is 7.82. The number of nitrogens with zero attached hydrogens (tertiary/aromatic N) is 3. The SMILES string of the molecule is CCc1nc(SC(CC)C2=C(C(=O)O)N3C(=O)C(N)[C@@H]3SC2)n[nH]1. The van der Waals surface area contributed by atoms with Crippen molar-refractivity contribution < 1.29 is 14.7 Å². The number of aliphatic carboxylic acids is 1. The molecular formula is C14H19N5O3S2. The lowest BCUT2D eigenvalue weighted by Gasteiger charge is -2.48. The molecule has 1 amide bonds. The van der Waals surface area contributed by atoms with Crippen LogP contribution in [0, 0.1) is 0 Å². The van der Waals surface area contributed by atoms with Gasteiger partial charge in [-0.05, 0) is 12.0 Å². The van der Waals surface area contributed by atoms with E-state index in [-0.39, 0.29) is 22.2 Å². The maximum atomic E-state index is 12.0. The largest absolute Gasteiger partial charge is 0.477 e. The molecule has 2 aliphatic heterocycles. The Hall–Kier alpha value is -1.52. The Kier molecular flexibility index (Phi) is 4.88. The van der Waals surface area contributed by atoms with Crippen molar-refractivity contribution in [3.8, 4) is 0 Å². The zero-order valence-electron chi connectivity index (χ0n) is 13.4. The number of amides is 1. The van der Waals surface area contributed by atoms with E-state index in [1.54, 1.807) is 0 Å². The minimum atomic E-state index is -1.08. The number of β-lactam (4-membered cyclic amide) rings is 1. The summed E-state index contributed by atoms with van der Waals surface area (Å²) in [5.74, 6) is -0.0749. The fraction of sp³-hybridized carbons (Fsp3) is 0.571. The predicted octanol–water partition coefficient (Wildman–Crippen LogP) is 0.819. The molecule has 0 spiro atoms. The molecule has 10 heteroatoms. The van der Waals surface area contributed by atoms with E-state index in [0.29, 0.717) is 17.3 Å². The van der Waals surface area contributed by atoms with Crippen LogP contribution in [0.5, 0.6) is 0 Å². The molecule has 3 rings (SSSR count). The summed E-state index contributed by atoms with van der Waals surface area (Å²) in [6.07, 6.45) is 1.47. The van der Waals surface area contributed by atoms with Gasteiger partial charge in [0.1, 0.15) is 22.9 Å². The van der Waals surface area contributed by atoms with E-state index < -0.39 is 12.0 Å². The van der Waals surface area contributed by atoms with Crippen molar-refractivity contribution in [2.24, 2.45) is 5.73 Å². The molecule has 0 bridgehead atoms. The normalized spacial score (nSPS) is 24.6. The van der Waals surface area contributed by atoms with Gasteiger partial charge in [-0.2, -0.15) is 0 Å². The van der Waals surface area contributed by atoms with E-state index in [9.17, 15) is 14.7 Å². The highest BCUT2D eigenvalue weighted by atomic mass is 32.2. The van der Waals surface area contributed by atoms with E-state index in [4.69, 9.17) is 5.73 Å². The number of carbonyl (C=O) groups excluding carboxylic acids is 1. The second kappa shape index (κ2) is 6.77. The monoisotopic (exact) mass is 369 g/mol. The molecule has 0 aliphatic carbocycles. The number of nitrogens with two attached hydrogens (primary N) is 1. The van der Waals surface area contributed by atoms with Crippen LogP contribution in [-0.2, 0) is 16.0 Å². The predicted molar refractivity (Wildman–Crippen MR) is 91.4 cm³/mol. The van der Waals surface area contributed by atoms with Gasteiger partial charge in [0.15, 0.2) is 0 Å². The number of rotatable bonds is 6. The van der Waals surface area contributed by atoms with Gasteiger partial charge in [-0.15, -0.1) is 16.9 Å². The molecule has 0 saturated carbocycles. The van der Waals surface area contributed by atoms with E-state index in [1.807, 2.05) is 13.8 Å². The number of aromatic nitrogens is 3. The van der Waals surface area contributed by atoms with E-state index in [2.05, 4.69) is 15.2 Å². The average Bonchev–Trinajstić information content (AvgIpc) is 3.05. The first-order valence-corrected chi connectivity index (χ1v) is 9.65. The summed E-state index contributed by atoms with van der Waals surface area (Å²) >= 11 is 2.94. The Labute approximate surface area is 147 Å². The average molecular weight is 369 g/mol. The molecular weight excluding hydrogens is 350 g/mol. The lowest BCUT2D eigenvalue weighted by molar-refractivity contribution is -0.148. The van der Waals surface area contributed by atoms with E-state index in [1.165, 1.54) is 28.4 Å². The lowest BCUT2D eigenvalue weighted by Crippen LogP contribution is -2.68. The molecule has 2 aliphatic rings. The molecule has 8 nitrogen and oxygen atoms in total. The third-order valence-electron chi connectivity index (χ3n) is 4.09. The van der Waals surface area contributed by atoms with Crippen LogP contribution in [0.2, 0.25) is 0 Å². The van der Waals surface area contributed by atoms with Crippen molar-refractivity contribution in [3.05, 3.63) is 17.1 Å². The maximum absolute atomic E-state index is 12.0. The van der Waals surface area contributed by atoms with E-state index >= 15 is 0 Å². The molecule has 1 fully saturated rings. The molecule has 130 valence electrons. The van der Waals surface area contributed by atoms with Gasteiger partial charge < -0.3 is 10.8 Å². The van der Waals surface area contributed by atoms with Crippen molar-refractivity contribution in [1.82, 2.24) is 20.1 Å². The number of hydrogen-bond donors (Lipinski definition) is 3. The Morgan fingerprint density at radius 2 is 2.33 bits per heavy atom. The van der Waals surface area contributed by atoms with Crippen molar-refractivity contribution in [1.29, 1.82) is 0 Å². The molecule has 1 aromatic heterocycles. The van der Waals surface area contributed by atoms with Crippen LogP contribution < -0.4 is 5.73 Å². The third-order valence-corrected chi connectivity index (χ3v) is 6.71. The van der Waals surface area contributed by atoms with Crippen LogP contribution in [0.1, 0.15) is 26.1 Å². The van der Waals surface area contributed by atoms with E-state index in [0.717, 1.165) is 17.8 Å². The third kappa shape index (κ3) is 2.82. The molecule has 0 aromatic carbocycles. The number of aryl methyl sites for hydroxylation is 1. The van der Waals surface area contributed by atoms with Crippen LogP contribution in [-0.4, -0.2) is 59.5 Å². The first kappa shape index (κ1) is 17.3. The van der Waals surface area contributed by atoms with Gasteiger partial charge in [0, 0.05) is 17.4 Å². The minimum Gasteiger partial charge on any atom is -0.477 e. The molecule has 1 aromatic rings. The van der Waals surface area contributed by atoms with Gasteiger partial charge in [0.25, 0.3) is 0 Å². The maximum Gasteiger partial charge on any atom is 0.352 e. The summed E-state index contributed by atoms with van der Waals surface area (Å²) in [7, 11) is 0. The van der Waals surface area contributed by atoms with Crippen LogP contribution in [0.4, 0.5) is 0 Å². The number of aromatic amines is 1. The number of carbonyl (C=O) groups is 2. The first-order valence-electron chi connectivity index (χ1n) is 7.72. The summed E-state index contributed by atoms with van der Waals surface area (Å²) in [5, 5.41) is 16.9. The van der Waals surface area contributed by atoms with Crippen molar-refractivity contribution in [2.45, 2.75) is 48.5 Å². The van der Waals surface area contributed by atoms with Gasteiger partial charge in [-0.1, -0.05) is 25.6 Å². The molecule has 4 N–H and O–H groups in total. The quantitative estimate of drug-likeness (QED) is 0.497. The Balaban J connectivity index is 1.90. The Morgan fingerprint density at radius 1 is 1.58 bits per heavy atom. The number of carboxylic acids is 1. The smallest absolute Gasteiger partial charge is 0.352 e. The highest BCUT2D eigenvalue weighted by Crippen LogP contribution is 2.43. The van der Waals surface area contributed by atoms with Gasteiger partial charge in [0.2, 0.25) is 11.1 Å². The van der Waals surface area contributed by atoms with Crippen molar-refractivity contribution in [2.75, 3.05) is 5.75 Å². The van der Waals surface area contributed by atoms with Crippen LogP contribution in [0.15, 0.2) is 16.4 Å². The lowest BCUT2D eigenvalue weighted by atomic mass is 10.0. The van der Waals surface area contributed by atoms with Gasteiger partial charge in [0.05, 0.1) is 0 Å². The number of H-pyrrole nitrogens is 1. The number of thioether (sulfide) groups is 2. The van der Waals surface area contributed by atoms with Crippen LogP contribution in [0.3, 0.4) is 0 Å².